The van der Waals surface area contributed by atoms with Crippen LogP contribution in [0.2, 0.25) is 0 Å². The first-order valence-corrected chi connectivity index (χ1v) is 11.2. The number of anilines is 1. The molecule has 6 nitrogen and oxygen atoms in total. The Morgan fingerprint density at radius 1 is 1.10 bits per heavy atom. The summed E-state index contributed by atoms with van der Waals surface area (Å²) in [5.41, 5.74) is 1.70. The summed E-state index contributed by atoms with van der Waals surface area (Å²) in [6.45, 7) is 8.71. The number of carbonyl (C=O) groups excluding carboxylic acids is 2. The minimum Gasteiger partial charge on any atom is -0.357 e. The molecule has 2 heterocycles. The SMILES string of the molecule is CC(C)CC(=O)NC(C(=O)NCc1ccc(N2CCC(C)CC2)nc1)c1ccccc1. The fourth-order valence-electron chi connectivity index (χ4n) is 3.77. The third-order valence-corrected chi connectivity index (χ3v) is 5.68. The lowest BCUT2D eigenvalue weighted by atomic mass is 9.99. The van der Waals surface area contributed by atoms with E-state index in [0.717, 1.165) is 36.0 Å². The van der Waals surface area contributed by atoms with E-state index in [1.165, 1.54) is 12.8 Å². The number of piperidine rings is 1. The van der Waals surface area contributed by atoms with Crippen molar-refractivity contribution in [3.63, 3.8) is 0 Å². The second kappa shape index (κ2) is 10.9. The number of amides is 2. The summed E-state index contributed by atoms with van der Waals surface area (Å²) in [5, 5.41) is 5.84. The molecule has 1 atom stereocenters. The molecule has 2 N–H and O–H groups in total. The lowest BCUT2D eigenvalue weighted by molar-refractivity contribution is -0.129. The molecule has 1 aromatic heterocycles. The second-order valence-corrected chi connectivity index (χ2v) is 8.92. The first-order chi connectivity index (χ1) is 14.9. The van der Waals surface area contributed by atoms with Crippen molar-refractivity contribution in [1.29, 1.82) is 0 Å². The van der Waals surface area contributed by atoms with Gasteiger partial charge in [0.15, 0.2) is 0 Å². The highest BCUT2D eigenvalue weighted by molar-refractivity contribution is 5.88. The molecule has 1 saturated heterocycles. The van der Waals surface area contributed by atoms with Crippen molar-refractivity contribution >= 4 is 17.6 Å². The van der Waals surface area contributed by atoms with Gasteiger partial charge in [0.25, 0.3) is 0 Å². The van der Waals surface area contributed by atoms with E-state index >= 15 is 0 Å². The molecule has 0 radical (unpaired) electrons. The molecule has 3 rings (SSSR count). The standard InChI is InChI=1S/C25H34N4O2/c1-18(2)15-23(30)28-24(21-7-5-4-6-8-21)25(31)27-17-20-9-10-22(26-16-20)29-13-11-19(3)12-14-29/h4-10,16,18-19,24H,11-15,17H2,1-3H3,(H,27,31)(H,28,30). The maximum Gasteiger partial charge on any atom is 0.247 e. The summed E-state index contributed by atoms with van der Waals surface area (Å²) in [6, 6.07) is 12.7. The lowest BCUT2D eigenvalue weighted by Crippen LogP contribution is -2.40. The molecule has 0 aliphatic carbocycles. The fraction of sp³-hybridized carbons (Fsp3) is 0.480. The monoisotopic (exact) mass is 422 g/mol. The van der Waals surface area contributed by atoms with E-state index in [-0.39, 0.29) is 17.7 Å². The molecule has 166 valence electrons. The molecule has 2 amide bonds. The van der Waals surface area contributed by atoms with Crippen LogP contribution in [0.1, 0.15) is 57.2 Å². The molecular formula is C25H34N4O2. The van der Waals surface area contributed by atoms with Crippen molar-refractivity contribution in [2.75, 3.05) is 18.0 Å². The van der Waals surface area contributed by atoms with Gasteiger partial charge in [0.2, 0.25) is 11.8 Å². The van der Waals surface area contributed by atoms with Crippen molar-refractivity contribution in [3.05, 3.63) is 59.8 Å². The van der Waals surface area contributed by atoms with Gasteiger partial charge < -0.3 is 15.5 Å². The Balaban J connectivity index is 1.60. The molecule has 1 aromatic carbocycles. The number of rotatable bonds is 8. The smallest absolute Gasteiger partial charge is 0.247 e. The van der Waals surface area contributed by atoms with E-state index in [1.807, 2.05) is 62.5 Å². The third kappa shape index (κ3) is 6.81. The Bertz CT molecular complexity index is 844. The Hall–Kier alpha value is -2.89. The van der Waals surface area contributed by atoms with Gasteiger partial charge in [0.1, 0.15) is 11.9 Å². The number of nitrogens with one attached hydrogen (secondary N) is 2. The fourth-order valence-corrected chi connectivity index (χ4v) is 3.77. The normalized spacial score (nSPS) is 15.5. The average Bonchev–Trinajstić information content (AvgIpc) is 2.77. The van der Waals surface area contributed by atoms with Gasteiger partial charge in [0, 0.05) is 32.3 Å². The Kier molecular flexibility index (Phi) is 8.04. The molecule has 0 spiro atoms. The number of pyridine rings is 1. The van der Waals surface area contributed by atoms with Gasteiger partial charge in [-0.15, -0.1) is 0 Å². The van der Waals surface area contributed by atoms with E-state index in [0.29, 0.717) is 13.0 Å². The maximum atomic E-state index is 12.9. The number of aromatic nitrogens is 1. The van der Waals surface area contributed by atoms with Crippen LogP contribution in [0.4, 0.5) is 5.82 Å². The van der Waals surface area contributed by atoms with Crippen molar-refractivity contribution in [1.82, 2.24) is 15.6 Å². The number of nitrogens with zero attached hydrogens (tertiary/aromatic N) is 2. The van der Waals surface area contributed by atoms with Crippen molar-refractivity contribution < 1.29 is 9.59 Å². The zero-order valence-electron chi connectivity index (χ0n) is 18.8. The van der Waals surface area contributed by atoms with Crippen molar-refractivity contribution in [3.8, 4) is 0 Å². The van der Waals surface area contributed by atoms with Gasteiger partial charge in [-0.1, -0.05) is 57.2 Å². The first-order valence-electron chi connectivity index (χ1n) is 11.2. The van der Waals surface area contributed by atoms with E-state index in [2.05, 4.69) is 27.4 Å². The highest BCUT2D eigenvalue weighted by Crippen LogP contribution is 2.21. The van der Waals surface area contributed by atoms with Crippen LogP contribution in [0.15, 0.2) is 48.7 Å². The summed E-state index contributed by atoms with van der Waals surface area (Å²) < 4.78 is 0. The average molecular weight is 423 g/mol. The van der Waals surface area contributed by atoms with Crippen LogP contribution in [0.25, 0.3) is 0 Å². The summed E-state index contributed by atoms with van der Waals surface area (Å²) in [5.74, 6) is 1.65. The van der Waals surface area contributed by atoms with Gasteiger partial charge in [-0.05, 0) is 41.9 Å². The molecule has 2 aromatic rings. The van der Waals surface area contributed by atoms with Crippen LogP contribution in [-0.4, -0.2) is 29.9 Å². The van der Waals surface area contributed by atoms with Gasteiger partial charge in [-0.25, -0.2) is 4.98 Å². The van der Waals surface area contributed by atoms with Crippen LogP contribution in [-0.2, 0) is 16.1 Å². The van der Waals surface area contributed by atoms with Crippen LogP contribution in [0.5, 0.6) is 0 Å². The summed E-state index contributed by atoms with van der Waals surface area (Å²) >= 11 is 0. The largest absolute Gasteiger partial charge is 0.357 e. The first kappa shape index (κ1) is 22.8. The Labute approximate surface area is 185 Å². The van der Waals surface area contributed by atoms with Gasteiger partial charge in [-0.2, -0.15) is 0 Å². The topological polar surface area (TPSA) is 74.3 Å². The molecule has 1 unspecified atom stereocenters. The zero-order chi connectivity index (χ0) is 22.2. The third-order valence-electron chi connectivity index (χ3n) is 5.68. The van der Waals surface area contributed by atoms with E-state index in [9.17, 15) is 9.59 Å². The summed E-state index contributed by atoms with van der Waals surface area (Å²) in [4.78, 5) is 32.2. The van der Waals surface area contributed by atoms with Crippen LogP contribution in [0.3, 0.4) is 0 Å². The highest BCUT2D eigenvalue weighted by atomic mass is 16.2. The molecule has 1 aliphatic heterocycles. The summed E-state index contributed by atoms with van der Waals surface area (Å²) in [7, 11) is 0. The number of benzene rings is 1. The number of carbonyl (C=O) groups is 2. The maximum absolute atomic E-state index is 12.9. The minimum atomic E-state index is -0.713. The Morgan fingerprint density at radius 3 is 2.42 bits per heavy atom. The molecule has 31 heavy (non-hydrogen) atoms. The Morgan fingerprint density at radius 2 is 1.81 bits per heavy atom. The molecule has 0 saturated carbocycles. The van der Waals surface area contributed by atoms with Gasteiger partial charge in [-0.3, -0.25) is 9.59 Å². The zero-order valence-corrected chi connectivity index (χ0v) is 18.8. The minimum absolute atomic E-state index is 0.124. The van der Waals surface area contributed by atoms with Crippen molar-refractivity contribution in [2.24, 2.45) is 11.8 Å². The van der Waals surface area contributed by atoms with E-state index in [4.69, 9.17) is 0 Å². The molecule has 1 fully saturated rings. The quantitative estimate of drug-likeness (QED) is 0.678. The van der Waals surface area contributed by atoms with E-state index in [1.54, 1.807) is 0 Å². The molecular weight excluding hydrogens is 388 g/mol. The van der Waals surface area contributed by atoms with E-state index < -0.39 is 6.04 Å². The van der Waals surface area contributed by atoms with Crippen LogP contribution < -0.4 is 15.5 Å². The molecule has 1 aliphatic rings. The van der Waals surface area contributed by atoms with Crippen molar-refractivity contribution in [2.45, 2.75) is 52.6 Å². The predicted molar refractivity (Wildman–Crippen MR) is 123 cm³/mol. The number of hydrogen-bond acceptors (Lipinski definition) is 4. The second-order valence-electron chi connectivity index (χ2n) is 8.92. The van der Waals surface area contributed by atoms with Gasteiger partial charge in [0.05, 0.1) is 0 Å². The molecule has 6 heteroatoms. The highest BCUT2D eigenvalue weighted by Gasteiger charge is 2.23. The summed E-state index contributed by atoms with van der Waals surface area (Å²) in [6.07, 6.45) is 4.60. The van der Waals surface area contributed by atoms with Gasteiger partial charge >= 0.3 is 0 Å². The predicted octanol–water partition coefficient (Wildman–Crippen LogP) is 3.84. The van der Waals surface area contributed by atoms with Crippen LogP contribution in [0, 0.1) is 11.8 Å². The number of hydrogen-bond donors (Lipinski definition) is 2. The lowest BCUT2D eigenvalue weighted by Gasteiger charge is -2.31. The van der Waals surface area contributed by atoms with Crippen LogP contribution >= 0.6 is 0 Å². The molecule has 0 bridgehead atoms.